The highest BCUT2D eigenvalue weighted by molar-refractivity contribution is 5.25. The Kier molecular flexibility index (Phi) is 5.25. The first-order chi connectivity index (χ1) is 8.81. The molecule has 100 valence electrons. The van der Waals surface area contributed by atoms with E-state index in [1.54, 1.807) is 0 Å². The predicted octanol–water partition coefficient (Wildman–Crippen LogP) is 4.64. The quantitative estimate of drug-likeness (QED) is 0.823. The van der Waals surface area contributed by atoms with E-state index in [9.17, 15) is 5.11 Å². The van der Waals surface area contributed by atoms with E-state index >= 15 is 0 Å². The topological polar surface area (TPSA) is 20.2 Å². The van der Waals surface area contributed by atoms with E-state index in [4.69, 9.17) is 0 Å². The van der Waals surface area contributed by atoms with E-state index in [1.165, 1.54) is 50.5 Å². The van der Waals surface area contributed by atoms with Gasteiger partial charge in [0.15, 0.2) is 0 Å². The molecule has 1 fully saturated rings. The van der Waals surface area contributed by atoms with Crippen LogP contribution < -0.4 is 0 Å². The van der Waals surface area contributed by atoms with Crippen LogP contribution >= 0.6 is 0 Å². The van der Waals surface area contributed by atoms with E-state index in [1.807, 2.05) is 0 Å². The smallest absolute Gasteiger partial charge is 0.0818 e. The fraction of sp³-hybridized carbons (Fsp3) is 0.647. The Labute approximate surface area is 111 Å². The SMILES string of the molecule is CCc1cccc(C(O)C2CCCCCCC2)c1. The van der Waals surface area contributed by atoms with Crippen LogP contribution in [0.15, 0.2) is 24.3 Å². The minimum Gasteiger partial charge on any atom is -0.388 e. The monoisotopic (exact) mass is 246 g/mol. The van der Waals surface area contributed by atoms with Gasteiger partial charge in [0, 0.05) is 0 Å². The number of aliphatic hydroxyl groups excluding tert-OH is 1. The third-order valence-corrected chi connectivity index (χ3v) is 4.30. The number of rotatable bonds is 3. The standard InChI is InChI=1S/C17H26O/c1-2-14-9-8-12-16(13-14)17(18)15-10-6-4-3-5-7-11-15/h8-9,12-13,15,17-18H,2-7,10-11H2,1H3. The van der Waals surface area contributed by atoms with Gasteiger partial charge >= 0.3 is 0 Å². The molecule has 1 atom stereocenters. The summed E-state index contributed by atoms with van der Waals surface area (Å²) in [5.41, 5.74) is 2.46. The summed E-state index contributed by atoms with van der Waals surface area (Å²) in [6.45, 7) is 2.17. The molecule has 1 saturated carbocycles. The van der Waals surface area contributed by atoms with Crippen molar-refractivity contribution in [3.8, 4) is 0 Å². The van der Waals surface area contributed by atoms with Gasteiger partial charge in [-0.25, -0.2) is 0 Å². The number of benzene rings is 1. The van der Waals surface area contributed by atoms with E-state index in [0.717, 1.165) is 12.0 Å². The number of aryl methyl sites for hydroxylation is 1. The van der Waals surface area contributed by atoms with Crippen LogP contribution in [0.3, 0.4) is 0 Å². The molecule has 0 bridgehead atoms. The van der Waals surface area contributed by atoms with Crippen LogP contribution in [0, 0.1) is 5.92 Å². The summed E-state index contributed by atoms with van der Waals surface area (Å²) in [5, 5.41) is 10.6. The molecular weight excluding hydrogens is 220 g/mol. The van der Waals surface area contributed by atoms with Crippen molar-refractivity contribution < 1.29 is 5.11 Å². The molecule has 0 heterocycles. The Morgan fingerprint density at radius 2 is 1.78 bits per heavy atom. The van der Waals surface area contributed by atoms with Crippen LogP contribution in [0.4, 0.5) is 0 Å². The maximum absolute atomic E-state index is 10.6. The third kappa shape index (κ3) is 3.58. The Balaban J connectivity index is 2.05. The molecular formula is C17H26O. The van der Waals surface area contributed by atoms with Crippen molar-refractivity contribution in [1.82, 2.24) is 0 Å². The summed E-state index contributed by atoms with van der Waals surface area (Å²) in [7, 11) is 0. The van der Waals surface area contributed by atoms with Crippen molar-refractivity contribution in [3.05, 3.63) is 35.4 Å². The molecule has 0 aliphatic heterocycles. The Morgan fingerprint density at radius 3 is 2.44 bits per heavy atom. The Bertz CT molecular complexity index is 350. The normalized spacial score (nSPS) is 20.1. The van der Waals surface area contributed by atoms with Gasteiger partial charge in [0.2, 0.25) is 0 Å². The van der Waals surface area contributed by atoms with Gasteiger partial charge in [-0.15, -0.1) is 0 Å². The highest BCUT2D eigenvalue weighted by atomic mass is 16.3. The first-order valence-electron chi connectivity index (χ1n) is 7.58. The Hall–Kier alpha value is -0.820. The van der Waals surface area contributed by atoms with Crippen LogP contribution in [0.5, 0.6) is 0 Å². The fourth-order valence-corrected chi connectivity index (χ4v) is 3.07. The Morgan fingerprint density at radius 1 is 1.11 bits per heavy atom. The minimum atomic E-state index is -0.255. The van der Waals surface area contributed by atoms with Crippen molar-refractivity contribution in [2.24, 2.45) is 5.92 Å². The van der Waals surface area contributed by atoms with E-state index in [-0.39, 0.29) is 6.10 Å². The molecule has 1 N–H and O–H groups in total. The summed E-state index contributed by atoms with van der Waals surface area (Å²) in [4.78, 5) is 0. The highest BCUT2D eigenvalue weighted by Gasteiger charge is 2.21. The van der Waals surface area contributed by atoms with Crippen molar-refractivity contribution in [2.75, 3.05) is 0 Å². The maximum atomic E-state index is 10.6. The van der Waals surface area contributed by atoms with Crippen molar-refractivity contribution in [3.63, 3.8) is 0 Å². The molecule has 1 aromatic rings. The molecule has 1 aliphatic rings. The van der Waals surface area contributed by atoms with Crippen molar-refractivity contribution in [1.29, 1.82) is 0 Å². The second kappa shape index (κ2) is 6.94. The molecule has 0 amide bonds. The largest absolute Gasteiger partial charge is 0.388 e. The maximum Gasteiger partial charge on any atom is 0.0818 e. The summed E-state index contributed by atoms with van der Waals surface area (Å²) < 4.78 is 0. The van der Waals surface area contributed by atoms with Crippen LogP contribution in [-0.2, 0) is 6.42 Å². The second-order valence-corrected chi connectivity index (χ2v) is 5.65. The van der Waals surface area contributed by atoms with Gasteiger partial charge < -0.3 is 5.11 Å². The lowest BCUT2D eigenvalue weighted by Crippen LogP contribution is -2.14. The first-order valence-corrected chi connectivity index (χ1v) is 7.58. The van der Waals surface area contributed by atoms with Gasteiger partial charge in [0.25, 0.3) is 0 Å². The fourth-order valence-electron chi connectivity index (χ4n) is 3.07. The third-order valence-electron chi connectivity index (χ3n) is 4.30. The number of hydrogen-bond acceptors (Lipinski definition) is 1. The molecule has 1 heteroatoms. The van der Waals surface area contributed by atoms with Crippen molar-refractivity contribution in [2.45, 2.75) is 64.4 Å². The first kappa shape index (κ1) is 13.6. The van der Waals surface area contributed by atoms with Gasteiger partial charge in [-0.1, -0.05) is 63.3 Å². The van der Waals surface area contributed by atoms with Gasteiger partial charge in [0.1, 0.15) is 0 Å². The predicted molar refractivity (Wildman–Crippen MR) is 76.6 cm³/mol. The summed E-state index contributed by atoms with van der Waals surface area (Å²) in [6.07, 6.45) is 9.82. The van der Waals surface area contributed by atoms with Crippen LogP contribution in [0.2, 0.25) is 0 Å². The second-order valence-electron chi connectivity index (χ2n) is 5.65. The average Bonchev–Trinajstić information content (AvgIpc) is 2.38. The summed E-state index contributed by atoms with van der Waals surface area (Å²) in [5.74, 6) is 0.470. The zero-order chi connectivity index (χ0) is 12.8. The van der Waals surface area contributed by atoms with E-state index < -0.39 is 0 Å². The molecule has 1 aromatic carbocycles. The summed E-state index contributed by atoms with van der Waals surface area (Å²) >= 11 is 0. The molecule has 0 saturated heterocycles. The zero-order valence-corrected chi connectivity index (χ0v) is 11.6. The molecule has 0 radical (unpaired) electrons. The zero-order valence-electron chi connectivity index (χ0n) is 11.6. The molecule has 1 unspecified atom stereocenters. The molecule has 0 aromatic heterocycles. The number of hydrogen-bond donors (Lipinski definition) is 1. The van der Waals surface area contributed by atoms with E-state index in [2.05, 4.69) is 31.2 Å². The molecule has 1 nitrogen and oxygen atoms in total. The van der Waals surface area contributed by atoms with Crippen LogP contribution in [-0.4, -0.2) is 5.11 Å². The molecule has 1 aliphatic carbocycles. The van der Waals surface area contributed by atoms with Gasteiger partial charge in [-0.3, -0.25) is 0 Å². The minimum absolute atomic E-state index is 0.255. The van der Waals surface area contributed by atoms with Gasteiger partial charge in [-0.2, -0.15) is 0 Å². The summed E-state index contributed by atoms with van der Waals surface area (Å²) in [6, 6.07) is 8.50. The number of aliphatic hydroxyl groups is 1. The van der Waals surface area contributed by atoms with Gasteiger partial charge in [-0.05, 0) is 36.3 Å². The molecule has 18 heavy (non-hydrogen) atoms. The lowest BCUT2D eigenvalue weighted by Gasteiger charge is -2.25. The van der Waals surface area contributed by atoms with Crippen LogP contribution in [0.25, 0.3) is 0 Å². The average molecular weight is 246 g/mol. The van der Waals surface area contributed by atoms with E-state index in [0.29, 0.717) is 5.92 Å². The van der Waals surface area contributed by atoms with Crippen molar-refractivity contribution >= 4 is 0 Å². The molecule has 2 rings (SSSR count). The lowest BCUT2D eigenvalue weighted by atomic mass is 9.84. The van der Waals surface area contributed by atoms with Crippen LogP contribution in [0.1, 0.15) is 69.1 Å². The van der Waals surface area contributed by atoms with Gasteiger partial charge in [0.05, 0.1) is 6.10 Å². The molecule has 0 spiro atoms. The highest BCUT2D eigenvalue weighted by Crippen LogP contribution is 2.33. The lowest BCUT2D eigenvalue weighted by molar-refractivity contribution is 0.0912.